The second-order valence-electron chi connectivity index (χ2n) is 5.49. The Morgan fingerprint density at radius 3 is 2.31 bits per heavy atom. The van der Waals surface area contributed by atoms with Gasteiger partial charge in [-0.2, -0.15) is 0 Å². The van der Waals surface area contributed by atoms with Crippen LogP contribution in [0.2, 0.25) is 0 Å². The van der Waals surface area contributed by atoms with E-state index in [1.54, 1.807) is 0 Å². The Labute approximate surface area is 97.9 Å². The normalized spacial score (nSPS) is 30.6. The largest absolute Gasteiger partial charge is 0.481 e. The molecule has 0 heterocycles. The Balaban J connectivity index is 2.59. The minimum absolute atomic E-state index is 0.0998. The number of carboxylic acids is 1. The van der Waals surface area contributed by atoms with E-state index >= 15 is 0 Å². The van der Waals surface area contributed by atoms with Crippen molar-refractivity contribution in [1.82, 2.24) is 0 Å². The van der Waals surface area contributed by atoms with Crippen LogP contribution in [-0.2, 0) is 4.79 Å². The van der Waals surface area contributed by atoms with Crippen molar-refractivity contribution in [3.63, 3.8) is 0 Å². The fourth-order valence-corrected chi connectivity index (χ4v) is 2.85. The smallest absolute Gasteiger partial charge is 0.309 e. The lowest BCUT2D eigenvalue weighted by Gasteiger charge is -2.38. The molecule has 16 heavy (non-hydrogen) atoms. The summed E-state index contributed by atoms with van der Waals surface area (Å²) in [5.41, 5.74) is -0.547. The first-order chi connectivity index (χ1) is 7.52. The highest BCUT2D eigenvalue weighted by Crippen LogP contribution is 2.44. The van der Waals surface area contributed by atoms with Crippen molar-refractivity contribution in [2.45, 2.75) is 52.4 Å². The van der Waals surface area contributed by atoms with E-state index in [0.717, 1.165) is 25.7 Å². The van der Waals surface area contributed by atoms with Crippen LogP contribution in [-0.4, -0.2) is 22.8 Å². The average molecular weight is 228 g/mol. The number of aliphatic hydroxyl groups is 1. The summed E-state index contributed by atoms with van der Waals surface area (Å²) in [6, 6.07) is 0. The van der Waals surface area contributed by atoms with Crippen LogP contribution in [0.3, 0.4) is 0 Å². The summed E-state index contributed by atoms with van der Waals surface area (Å²) in [6.45, 7) is 4.53. The van der Waals surface area contributed by atoms with Crippen LogP contribution in [0.4, 0.5) is 0 Å². The fourth-order valence-electron chi connectivity index (χ4n) is 2.85. The van der Waals surface area contributed by atoms with Gasteiger partial charge in [0.1, 0.15) is 0 Å². The second kappa shape index (κ2) is 5.67. The lowest BCUT2D eigenvalue weighted by Crippen LogP contribution is -2.36. The highest BCUT2D eigenvalue weighted by atomic mass is 16.4. The van der Waals surface area contributed by atoms with E-state index in [4.69, 9.17) is 5.11 Å². The van der Waals surface area contributed by atoms with Crippen LogP contribution in [0.25, 0.3) is 0 Å². The monoisotopic (exact) mass is 228 g/mol. The summed E-state index contributed by atoms with van der Waals surface area (Å²) in [5, 5.41) is 18.2. The van der Waals surface area contributed by atoms with E-state index < -0.39 is 11.4 Å². The molecular weight excluding hydrogens is 204 g/mol. The quantitative estimate of drug-likeness (QED) is 0.760. The molecule has 0 unspecified atom stereocenters. The Hall–Kier alpha value is -0.570. The summed E-state index contributed by atoms with van der Waals surface area (Å²) in [6.07, 6.45) is 4.85. The van der Waals surface area contributed by atoms with E-state index in [1.807, 2.05) is 0 Å². The number of carbonyl (C=O) groups is 1. The van der Waals surface area contributed by atoms with Gasteiger partial charge in [0.2, 0.25) is 0 Å². The number of hydrogen-bond acceptors (Lipinski definition) is 2. The van der Waals surface area contributed by atoms with Crippen LogP contribution < -0.4 is 0 Å². The van der Waals surface area contributed by atoms with Crippen LogP contribution >= 0.6 is 0 Å². The zero-order chi connectivity index (χ0) is 12.2. The standard InChI is InChI=1S/C13H24O3/c1-10(2)11-4-7-13(8-5-11,12(15)16)6-3-9-14/h10-11,14H,3-9H2,1-2H3,(H,15,16). The van der Waals surface area contributed by atoms with Crippen LogP contribution in [0, 0.1) is 17.3 Å². The molecule has 94 valence electrons. The molecule has 1 aliphatic rings. The van der Waals surface area contributed by atoms with Crippen molar-refractivity contribution < 1.29 is 15.0 Å². The average Bonchev–Trinajstić information content (AvgIpc) is 2.26. The molecule has 0 aromatic carbocycles. The fraction of sp³-hybridized carbons (Fsp3) is 0.923. The van der Waals surface area contributed by atoms with E-state index in [1.165, 1.54) is 0 Å². The van der Waals surface area contributed by atoms with Gasteiger partial charge in [-0.05, 0) is 50.4 Å². The van der Waals surface area contributed by atoms with Gasteiger partial charge in [0.05, 0.1) is 5.41 Å². The summed E-state index contributed by atoms with van der Waals surface area (Å²) >= 11 is 0. The van der Waals surface area contributed by atoms with Crippen molar-refractivity contribution in [3.05, 3.63) is 0 Å². The third-order valence-corrected chi connectivity index (χ3v) is 4.20. The molecule has 0 bridgehead atoms. The molecule has 0 atom stereocenters. The van der Waals surface area contributed by atoms with Crippen LogP contribution in [0.1, 0.15) is 52.4 Å². The molecule has 0 radical (unpaired) electrons. The lowest BCUT2D eigenvalue weighted by atomic mass is 9.66. The lowest BCUT2D eigenvalue weighted by molar-refractivity contribution is -0.152. The minimum Gasteiger partial charge on any atom is -0.481 e. The van der Waals surface area contributed by atoms with Gasteiger partial charge in [-0.1, -0.05) is 13.8 Å². The molecule has 0 aromatic heterocycles. The van der Waals surface area contributed by atoms with E-state index in [-0.39, 0.29) is 6.61 Å². The van der Waals surface area contributed by atoms with Gasteiger partial charge in [-0.25, -0.2) is 0 Å². The second-order valence-corrected chi connectivity index (χ2v) is 5.49. The topological polar surface area (TPSA) is 57.5 Å². The van der Waals surface area contributed by atoms with E-state index in [2.05, 4.69) is 13.8 Å². The number of hydrogen-bond donors (Lipinski definition) is 2. The first-order valence-corrected chi connectivity index (χ1v) is 6.36. The van der Waals surface area contributed by atoms with Crippen LogP contribution in [0.5, 0.6) is 0 Å². The predicted molar refractivity (Wildman–Crippen MR) is 63.2 cm³/mol. The number of aliphatic hydroxyl groups excluding tert-OH is 1. The van der Waals surface area contributed by atoms with Gasteiger partial charge in [-0.15, -0.1) is 0 Å². The van der Waals surface area contributed by atoms with Crippen molar-refractivity contribution in [1.29, 1.82) is 0 Å². The Morgan fingerprint density at radius 1 is 1.38 bits per heavy atom. The molecule has 0 aliphatic heterocycles. The third kappa shape index (κ3) is 2.97. The Morgan fingerprint density at radius 2 is 1.94 bits per heavy atom. The molecule has 2 N–H and O–H groups in total. The molecule has 1 saturated carbocycles. The molecule has 3 nitrogen and oxygen atoms in total. The van der Waals surface area contributed by atoms with Gasteiger partial charge < -0.3 is 10.2 Å². The van der Waals surface area contributed by atoms with Gasteiger partial charge in [-0.3, -0.25) is 4.79 Å². The van der Waals surface area contributed by atoms with E-state index in [0.29, 0.717) is 24.7 Å². The predicted octanol–water partition coefficient (Wildman–Crippen LogP) is 2.68. The Kier molecular flexibility index (Phi) is 4.78. The molecular formula is C13H24O3. The van der Waals surface area contributed by atoms with E-state index in [9.17, 15) is 9.90 Å². The number of carboxylic acid groups (broad SMARTS) is 1. The zero-order valence-electron chi connectivity index (χ0n) is 10.4. The van der Waals surface area contributed by atoms with Crippen molar-refractivity contribution in [2.24, 2.45) is 17.3 Å². The van der Waals surface area contributed by atoms with Gasteiger partial charge >= 0.3 is 5.97 Å². The Bertz CT molecular complexity index is 227. The maximum absolute atomic E-state index is 11.4. The maximum atomic E-state index is 11.4. The third-order valence-electron chi connectivity index (χ3n) is 4.20. The molecule has 3 heteroatoms. The van der Waals surface area contributed by atoms with Gasteiger partial charge in [0.25, 0.3) is 0 Å². The molecule has 0 aromatic rings. The molecule has 0 amide bonds. The molecule has 1 rings (SSSR count). The summed E-state index contributed by atoms with van der Waals surface area (Å²) in [4.78, 5) is 11.4. The maximum Gasteiger partial charge on any atom is 0.309 e. The number of rotatable bonds is 5. The van der Waals surface area contributed by atoms with Crippen molar-refractivity contribution in [2.75, 3.05) is 6.61 Å². The van der Waals surface area contributed by atoms with Gasteiger partial charge in [0, 0.05) is 6.61 Å². The first kappa shape index (κ1) is 13.5. The first-order valence-electron chi connectivity index (χ1n) is 6.36. The molecule has 0 spiro atoms. The summed E-state index contributed by atoms with van der Waals surface area (Å²) in [5.74, 6) is 0.675. The van der Waals surface area contributed by atoms with Crippen LogP contribution in [0.15, 0.2) is 0 Å². The summed E-state index contributed by atoms with van der Waals surface area (Å²) < 4.78 is 0. The zero-order valence-corrected chi connectivity index (χ0v) is 10.4. The minimum atomic E-state index is -0.664. The number of aliphatic carboxylic acids is 1. The highest BCUT2D eigenvalue weighted by Gasteiger charge is 2.41. The highest BCUT2D eigenvalue weighted by molar-refractivity contribution is 5.74. The molecule has 1 aliphatic carbocycles. The SMILES string of the molecule is CC(C)C1CCC(CCCO)(C(=O)O)CC1. The van der Waals surface area contributed by atoms with Crippen molar-refractivity contribution >= 4 is 5.97 Å². The van der Waals surface area contributed by atoms with Gasteiger partial charge in [0.15, 0.2) is 0 Å². The molecule has 0 saturated heterocycles. The molecule has 1 fully saturated rings. The summed E-state index contributed by atoms with van der Waals surface area (Å²) in [7, 11) is 0. The van der Waals surface area contributed by atoms with Crippen molar-refractivity contribution in [3.8, 4) is 0 Å².